The molecule has 2 bridgehead atoms. The summed E-state index contributed by atoms with van der Waals surface area (Å²) in [6.07, 6.45) is -3.19. The van der Waals surface area contributed by atoms with Gasteiger partial charge in [-0.3, -0.25) is 9.59 Å². The Morgan fingerprint density at radius 1 is 1.17 bits per heavy atom. The molecule has 2 amide bonds. The van der Waals surface area contributed by atoms with Gasteiger partial charge < -0.3 is 9.16 Å². The molecule has 0 unspecified atom stereocenters. The molecule has 3 aliphatic rings. The van der Waals surface area contributed by atoms with E-state index in [0.717, 1.165) is 11.0 Å². The van der Waals surface area contributed by atoms with Crippen molar-refractivity contribution in [1.29, 1.82) is 5.26 Å². The second-order valence-corrected chi connectivity index (χ2v) is 16.5. The van der Waals surface area contributed by atoms with Crippen molar-refractivity contribution in [2.24, 2.45) is 11.8 Å². The van der Waals surface area contributed by atoms with E-state index in [9.17, 15) is 22.8 Å². The van der Waals surface area contributed by atoms with Crippen LogP contribution in [0.4, 0.5) is 18.9 Å². The van der Waals surface area contributed by atoms with Crippen molar-refractivity contribution in [2.45, 2.75) is 82.5 Å². The van der Waals surface area contributed by atoms with Crippen LogP contribution >= 0.6 is 0 Å². The van der Waals surface area contributed by atoms with Crippen LogP contribution < -0.4 is 4.90 Å². The van der Waals surface area contributed by atoms with E-state index in [2.05, 4.69) is 33.9 Å². The van der Waals surface area contributed by atoms with Crippen molar-refractivity contribution in [3.05, 3.63) is 29.3 Å². The lowest BCUT2D eigenvalue weighted by atomic mass is 9.67. The van der Waals surface area contributed by atoms with Gasteiger partial charge in [-0.1, -0.05) is 20.8 Å². The van der Waals surface area contributed by atoms with Gasteiger partial charge in [0.2, 0.25) is 11.8 Å². The first-order chi connectivity index (χ1) is 16.0. The molecule has 0 spiro atoms. The second kappa shape index (κ2) is 7.89. The number of nitriles is 1. The first-order valence-electron chi connectivity index (χ1n) is 11.8. The largest absolute Gasteiger partial charge is 0.417 e. The summed E-state index contributed by atoms with van der Waals surface area (Å²) in [5.41, 5.74) is -3.64. The minimum absolute atomic E-state index is 0.00957. The molecule has 0 aliphatic carbocycles. The quantitative estimate of drug-likeness (QED) is 0.392. The van der Waals surface area contributed by atoms with E-state index < -0.39 is 60.5 Å². The predicted octanol–water partition coefficient (Wildman–Crippen LogP) is 5.42. The maximum absolute atomic E-state index is 13.6. The van der Waals surface area contributed by atoms with Crippen LogP contribution in [0.25, 0.3) is 0 Å². The lowest BCUT2D eigenvalue weighted by Gasteiger charge is -2.38. The number of alkyl halides is 3. The molecule has 3 heterocycles. The van der Waals surface area contributed by atoms with Crippen LogP contribution in [-0.4, -0.2) is 37.9 Å². The normalized spacial score (nSPS) is 30.7. The van der Waals surface area contributed by atoms with Gasteiger partial charge >= 0.3 is 6.18 Å². The first-order valence-corrected chi connectivity index (χ1v) is 14.7. The third kappa shape index (κ3) is 3.92. The molecule has 1 aromatic carbocycles. The molecule has 4 rings (SSSR count). The van der Waals surface area contributed by atoms with E-state index in [1.807, 2.05) is 6.92 Å². The van der Waals surface area contributed by atoms with Gasteiger partial charge in [-0.05, 0) is 62.5 Å². The summed E-state index contributed by atoms with van der Waals surface area (Å²) in [4.78, 5) is 27.9. The highest BCUT2D eigenvalue weighted by molar-refractivity contribution is 6.74. The number of amides is 2. The molecule has 0 aromatic heterocycles. The van der Waals surface area contributed by atoms with Crippen molar-refractivity contribution in [1.82, 2.24) is 0 Å². The SMILES string of the molecule is CC(C)(C)[Si](C)(C)OCC[C@@]12CC[C@@](C)(O1)[C@H]1C(=O)N(c3ccc(C#N)c(C(F)(F)F)c3)C(=O)[C@H]12. The molecule has 3 saturated heterocycles. The summed E-state index contributed by atoms with van der Waals surface area (Å²) in [5.74, 6) is -2.64. The van der Waals surface area contributed by atoms with Crippen LogP contribution in [-0.2, 0) is 24.9 Å². The van der Waals surface area contributed by atoms with E-state index in [0.29, 0.717) is 31.9 Å². The zero-order valence-corrected chi connectivity index (χ0v) is 21.9. The molecular formula is C25H31F3N2O4Si. The third-order valence-electron chi connectivity index (χ3n) is 8.49. The fourth-order valence-electron chi connectivity index (χ4n) is 5.56. The first kappa shape index (κ1) is 25.9. The van der Waals surface area contributed by atoms with Crippen LogP contribution in [0.5, 0.6) is 0 Å². The van der Waals surface area contributed by atoms with Crippen molar-refractivity contribution >= 4 is 25.8 Å². The number of carbonyl (C=O) groups excluding carboxylic acids is 2. The molecule has 4 atom stereocenters. The monoisotopic (exact) mass is 508 g/mol. The van der Waals surface area contributed by atoms with Gasteiger partial charge in [0.1, 0.15) is 0 Å². The van der Waals surface area contributed by atoms with Gasteiger partial charge in [0, 0.05) is 6.61 Å². The number of carbonyl (C=O) groups is 2. The summed E-state index contributed by atoms with van der Waals surface area (Å²) in [6.45, 7) is 12.9. The number of hydrogen-bond donors (Lipinski definition) is 0. The highest BCUT2D eigenvalue weighted by atomic mass is 28.4. The molecule has 3 fully saturated rings. The average Bonchev–Trinajstić information content (AvgIpc) is 3.30. The number of fused-ring (bicyclic) bond motifs is 5. The van der Waals surface area contributed by atoms with Crippen LogP contribution in [0.3, 0.4) is 0 Å². The lowest BCUT2D eigenvalue weighted by molar-refractivity contribution is -0.138. The van der Waals surface area contributed by atoms with Gasteiger partial charge in [0.05, 0.1) is 45.9 Å². The number of ether oxygens (including phenoxy) is 1. The average molecular weight is 509 g/mol. The number of rotatable bonds is 5. The van der Waals surface area contributed by atoms with E-state index >= 15 is 0 Å². The van der Waals surface area contributed by atoms with E-state index in [4.69, 9.17) is 14.4 Å². The third-order valence-corrected chi connectivity index (χ3v) is 13.0. The summed E-state index contributed by atoms with van der Waals surface area (Å²) in [6, 6.07) is 4.47. The zero-order chi connectivity index (χ0) is 26.2. The van der Waals surface area contributed by atoms with Crippen molar-refractivity contribution in [3.8, 4) is 6.07 Å². The smallest absolute Gasteiger partial charge is 0.417 e. The standard InChI is InChI=1S/C25H31F3N2O4Si/c1-22(2,3)35(5,6)33-12-11-24-10-9-23(4,34-24)18-19(24)21(32)30(20(18)31)16-8-7-15(14-29)17(13-16)25(26,27)28/h7-8,13,18-19H,9-12H2,1-6H3/t18-,19+,23-,24-/m1/s1. The van der Waals surface area contributed by atoms with E-state index in [-0.39, 0.29) is 10.7 Å². The maximum atomic E-state index is 13.6. The minimum atomic E-state index is -4.79. The Hall–Kier alpha value is -2.22. The Morgan fingerprint density at radius 3 is 2.37 bits per heavy atom. The molecule has 10 heteroatoms. The molecule has 0 radical (unpaired) electrons. The molecule has 190 valence electrons. The lowest BCUT2D eigenvalue weighted by Crippen LogP contribution is -2.45. The van der Waals surface area contributed by atoms with Gasteiger partial charge in [-0.15, -0.1) is 0 Å². The molecule has 35 heavy (non-hydrogen) atoms. The number of imide groups is 1. The van der Waals surface area contributed by atoms with Gasteiger partial charge in [-0.25, -0.2) is 4.90 Å². The summed E-state index contributed by atoms with van der Waals surface area (Å²) < 4.78 is 53.3. The van der Waals surface area contributed by atoms with Crippen molar-refractivity contribution in [3.63, 3.8) is 0 Å². The van der Waals surface area contributed by atoms with Crippen LogP contribution in [0, 0.1) is 23.2 Å². The Labute approximate surface area is 204 Å². The van der Waals surface area contributed by atoms with Crippen LogP contribution in [0.1, 0.15) is 58.1 Å². The fraction of sp³-hybridized carbons (Fsp3) is 0.640. The predicted molar refractivity (Wildman–Crippen MR) is 125 cm³/mol. The minimum Gasteiger partial charge on any atom is -0.417 e. The molecule has 3 aliphatic heterocycles. The Kier molecular flexibility index (Phi) is 5.83. The Morgan fingerprint density at radius 2 is 1.80 bits per heavy atom. The molecule has 0 N–H and O–H groups in total. The Balaban J connectivity index is 1.65. The maximum Gasteiger partial charge on any atom is 0.417 e. The molecular weight excluding hydrogens is 477 g/mol. The van der Waals surface area contributed by atoms with Crippen LogP contribution in [0.15, 0.2) is 18.2 Å². The zero-order valence-electron chi connectivity index (χ0n) is 20.9. The fourth-order valence-corrected chi connectivity index (χ4v) is 6.61. The number of benzene rings is 1. The van der Waals surface area contributed by atoms with Gasteiger partial charge in [0.25, 0.3) is 0 Å². The van der Waals surface area contributed by atoms with Gasteiger partial charge in [-0.2, -0.15) is 18.4 Å². The second-order valence-electron chi connectivity index (χ2n) is 11.6. The molecule has 1 aromatic rings. The molecule has 0 saturated carbocycles. The number of hydrogen-bond acceptors (Lipinski definition) is 5. The number of anilines is 1. The summed E-state index contributed by atoms with van der Waals surface area (Å²) >= 11 is 0. The van der Waals surface area contributed by atoms with Crippen molar-refractivity contribution < 1.29 is 31.9 Å². The number of nitrogens with zero attached hydrogens (tertiary/aromatic N) is 2. The topological polar surface area (TPSA) is 79.6 Å². The summed E-state index contributed by atoms with van der Waals surface area (Å²) in [5, 5.41) is 9.10. The Bertz CT molecular complexity index is 1120. The van der Waals surface area contributed by atoms with E-state index in [1.54, 1.807) is 0 Å². The van der Waals surface area contributed by atoms with Crippen molar-refractivity contribution in [2.75, 3.05) is 11.5 Å². The highest BCUT2D eigenvalue weighted by Gasteiger charge is 2.73. The molecule has 6 nitrogen and oxygen atoms in total. The highest BCUT2D eigenvalue weighted by Crippen LogP contribution is 2.62. The number of halogens is 3. The van der Waals surface area contributed by atoms with E-state index in [1.165, 1.54) is 12.1 Å². The van der Waals surface area contributed by atoms with Crippen LogP contribution in [0.2, 0.25) is 18.1 Å². The van der Waals surface area contributed by atoms with Gasteiger partial charge in [0.15, 0.2) is 8.32 Å². The summed E-state index contributed by atoms with van der Waals surface area (Å²) in [7, 11) is -2.04.